The number of carboxylic acid groups (broad SMARTS) is 1. The van der Waals surface area contributed by atoms with Crippen molar-refractivity contribution in [1.82, 2.24) is 0 Å². The molecule has 16 heavy (non-hydrogen) atoms. The van der Waals surface area contributed by atoms with Crippen LogP contribution in [0.5, 0.6) is 0 Å². The molecular weight excluding hydrogens is 272 g/mol. The first-order valence-corrected chi connectivity index (χ1v) is 6.00. The molecule has 0 heterocycles. The molecular formula is C12H15BrO3. The summed E-state index contributed by atoms with van der Waals surface area (Å²) in [5.74, 6) is -1.30. The van der Waals surface area contributed by atoms with Crippen molar-refractivity contribution in [2.24, 2.45) is 0 Å². The third-order valence-corrected chi connectivity index (χ3v) is 2.80. The number of carbonyl (C=O) groups is 1. The van der Waals surface area contributed by atoms with Crippen molar-refractivity contribution < 1.29 is 14.6 Å². The number of hydrogen-bond donors (Lipinski definition) is 1. The molecule has 0 aromatic heterocycles. The number of rotatable bonds is 6. The SMILES string of the molecule is CCOCCC(C(=O)O)c1cccc(Br)c1. The molecule has 0 aliphatic carbocycles. The zero-order chi connectivity index (χ0) is 12.0. The maximum atomic E-state index is 11.1. The first-order chi connectivity index (χ1) is 7.65. The van der Waals surface area contributed by atoms with E-state index in [0.717, 1.165) is 10.0 Å². The molecule has 1 atom stereocenters. The van der Waals surface area contributed by atoms with Crippen molar-refractivity contribution in [2.75, 3.05) is 13.2 Å². The standard InChI is InChI=1S/C12H15BrO3/c1-2-16-7-6-11(12(14)15)9-4-3-5-10(13)8-9/h3-5,8,11H,2,6-7H2,1H3,(H,14,15). The van der Waals surface area contributed by atoms with Gasteiger partial charge in [0.2, 0.25) is 0 Å². The van der Waals surface area contributed by atoms with Crippen LogP contribution in [-0.2, 0) is 9.53 Å². The van der Waals surface area contributed by atoms with Gasteiger partial charge in [-0.3, -0.25) is 4.79 Å². The second-order valence-electron chi connectivity index (χ2n) is 3.43. The summed E-state index contributed by atoms with van der Waals surface area (Å²) in [5, 5.41) is 9.15. The van der Waals surface area contributed by atoms with Gasteiger partial charge in [0.1, 0.15) is 0 Å². The summed E-state index contributed by atoms with van der Waals surface area (Å²) in [6.45, 7) is 2.99. The Morgan fingerprint density at radius 1 is 1.56 bits per heavy atom. The zero-order valence-electron chi connectivity index (χ0n) is 9.15. The molecule has 1 rings (SSSR count). The Labute approximate surface area is 104 Å². The summed E-state index contributed by atoms with van der Waals surface area (Å²) in [4.78, 5) is 11.1. The highest BCUT2D eigenvalue weighted by atomic mass is 79.9. The van der Waals surface area contributed by atoms with Gasteiger partial charge in [-0.05, 0) is 31.0 Å². The highest BCUT2D eigenvalue weighted by Crippen LogP contribution is 2.23. The summed E-state index contributed by atoms with van der Waals surface area (Å²) in [6.07, 6.45) is 0.500. The molecule has 0 saturated heterocycles. The Kier molecular flexibility index (Phi) is 5.49. The second-order valence-corrected chi connectivity index (χ2v) is 4.35. The van der Waals surface area contributed by atoms with Crippen LogP contribution >= 0.6 is 15.9 Å². The van der Waals surface area contributed by atoms with Gasteiger partial charge in [-0.1, -0.05) is 28.1 Å². The van der Waals surface area contributed by atoms with Gasteiger partial charge >= 0.3 is 5.97 Å². The third kappa shape index (κ3) is 3.94. The first kappa shape index (κ1) is 13.2. The fraction of sp³-hybridized carbons (Fsp3) is 0.417. The van der Waals surface area contributed by atoms with Crippen molar-refractivity contribution in [1.29, 1.82) is 0 Å². The van der Waals surface area contributed by atoms with E-state index in [-0.39, 0.29) is 0 Å². The zero-order valence-corrected chi connectivity index (χ0v) is 10.7. The number of aliphatic carboxylic acids is 1. The average Bonchev–Trinajstić information content (AvgIpc) is 2.24. The lowest BCUT2D eigenvalue weighted by Crippen LogP contribution is -2.14. The van der Waals surface area contributed by atoms with E-state index in [4.69, 9.17) is 9.84 Å². The van der Waals surface area contributed by atoms with Crippen LogP contribution in [0, 0.1) is 0 Å². The van der Waals surface area contributed by atoms with Crippen molar-refractivity contribution in [3.63, 3.8) is 0 Å². The molecule has 0 aliphatic rings. The minimum atomic E-state index is -0.808. The molecule has 88 valence electrons. The quantitative estimate of drug-likeness (QED) is 0.818. The largest absolute Gasteiger partial charge is 0.481 e. The lowest BCUT2D eigenvalue weighted by molar-refractivity contribution is -0.139. The van der Waals surface area contributed by atoms with Crippen LogP contribution in [0.2, 0.25) is 0 Å². The van der Waals surface area contributed by atoms with E-state index in [1.54, 1.807) is 0 Å². The smallest absolute Gasteiger partial charge is 0.311 e. The average molecular weight is 287 g/mol. The van der Waals surface area contributed by atoms with Crippen molar-refractivity contribution in [3.8, 4) is 0 Å². The molecule has 1 unspecified atom stereocenters. The van der Waals surface area contributed by atoms with E-state index < -0.39 is 11.9 Å². The predicted molar refractivity (Wildman–Crippen MR) is 65.6 cm³/mol. The molecule has 0 radical (unpaired) electrons. The van der Waals surface area contributed by atoms with Crippen LogP contribution in [0.15, 0.2) is 28.7 Å². The Balaban J connectivity index is 2.73. The second kappa shape index (κ2) is 6.66. The third-order valence-electron chi connectivity index (χ3n) is 2.30. The molecule has 1 N–H and O–H groups in total. The van der Waals surface area contributed by atoms with E-state index in [1.807, 2.05) is 31.2 Å². The van der Waals surface area contributed by atoms with Crippen LogP contribution in [0.1, 0.15) is 24.8 Å². The molecule has 0 spiro atoms. The minimum Gasteiger partial charge on any atom is -0.481 e. The lowest BCUT2D eigenvalue weighted by Gasteiger charge is -2.12. The number of halogens is 1. The fourth-order valence-electron chi connectivity index (χ4n) is 1.50. The van der Waals surface area contributed by atoms with Crippen LogP contribution < -0.4 is 0 Å². The van der Waals surface area contributed by atoms with Crippen LogP contribution in [0.4, 0.5) is 0 Å². The summed E-state index contributed by atoms with van der Waals surface area (Å²) < 4.78 is 6.09. The van der Waals surface area contributed by atoms with Crippen molar-refractivity contribution in [3.05, 3.63) is 34.3 Å². The lowest BCUT2D eigenvalue weighted by atomic mass is 9.96. The van der Waals surface area contributed by atoms with E-state index in [9.17, 15) is 4.79 Å². The highest BCUT2D eigenvalue weighted by Gasteiger charge is 2.19. The maximum Gasteiger partial charge on any atom is 0.311 e. The summed E-state index contributed by atoms with van der Waals surface area (Å²) in [5.41, 5.74) is 0.807. The predicted octanol–water partition coefficient (Wildman–Crippen LogP) is 3.04. The molecule has 0 fully saturated rings. The van der Waals surface area contributed by atoms with Gasteiger partial charge in [0, 0.05) is 17.7 Å². The van der Waals surface area contributed by atoms with Gasteiger partial charge in [0.15, 0.2) is 0 Å². The van der Waals surface area contributed by atoms with E-state index in [0.29, 0.717) is 19.6 Å². The normalized spacial score (nSPS) is 12.4. The van der Waals surface area contributed by atoms with Gasteiger partial charge in [-0.15, -0.1) is 0 Å². The number of carboxylic acids is 1. The van der Waals surface area contributed by atoms with Gasteiger partial charge < -0.3 is 9.84 Å². The molecule has 0 aliphatic heterocycles. The van der Waals surface area contributed by atoms with Crippen LogP contribution in [-0.4, -0.2) is 24.3 Å². The molecule has 3 nitrogen and oxygen atoms in total. The molecule has 1 aromatic rings. The van der Waals surface area contributed by atoms with Gasteiger partial charge in [0.25, 0.3) is 0 Å². The van der Waals surface area contributed by atoms with Gasteiger partial charge in [0.05, 0.1) is 5.92 Å². The number of ether oxygens (including phenoxy) is 1. The Morgan fingerprint density at radius 2 is 2.31 bits per heavy atom. The van der Waals surface area contributed by atoms with Crippen LogP contribution in [0.25, 0.3) is 0 Å². The van der Waals surface area contributed by atoms with E-state index in [1.165, 1.54) is 0 Å². The Hall–Kier alpha value is -0.870. The molecule has 1 aromatic carbocycles. The Morgan fingerprint density at radius 3 is 2.88 bits per heavy atom. The van der Waals surface area contributed by atoms with Crippen LogP contribution in [0.3, 0.4) is 0 Å². The highest BCUT2D eigenvalue weighted by molar-refractivity contribution is 9.10. The van der Waals surface area contributed by atoms with E-state index in [2.05, 4.69) is 15.9 Å². The van der Waals surface area contributed by atoms with Crippen molar-refractivity contribution >= 4 is 21.9 Å². The first-order valence-electron chi connectivity index (χ1n) is 5.21. The van der Waals surface area contributed by atoms with Crippen molar-refractivity contribution in [2.45, 2.75) is 19.3 Å². The Bertz CT molecular complexity index is 352. The molecule has 0 amide bonds. The fourth-order valence-corrected chi connectivity index (χ4v) is 1.92. The maximum absolute atomic E-state index is 11.1. The molecule has 4 heteroatoms. The molecule has 0 saturated carbocycles. The topological polar surface area (TPSA) is 46.5 Å². The number of hydrogen-bond acceptors (Lipinski definition) is 2. The summed E-state index contributed by atoms with van der Waals surface area (Å²) >= 11 is 3.34. The number of benzene rings is 1. The monoisotopic (exact) mass is 286 g/mol. The summed E-state index contributed by atoms with van der Waals surface area (Å²) in [7, 11) is 0. The molecule has 0 bridgehead atoms. The van der Waals surface area contributed by atoms with Gasteiger partial charge in [-0.2, -0.15) is 0 Å². The minimum absolute atomic E-state index is 0.472. The van der Waals surface area contributed by atoms with Gasteiger partial charge in [-0.25, -0.2) is 0 Å². The van der Waals surface area contributed by atoms with E-state index >= 15 is 0 Å². The summed E-state index contributed by atoms with van der Waals surface area (Å²) in [6, 6.07) is 7.39.